The van der Waals surface area contributed by atoms with E-state index in [4.69, 9.17) is 16.3 Å². The maximum Gasteiger partial charge on any atom is 0.337 e. The number of hydrogen-bond donors (Lipinski definition) is 1. The predicted octanol–water partition coefficient (Wildman–Crippen LogP) is 2.78. The van der Waals surface area contributed by atoms with Crippen molar-refractivity contribution in [1.29, 1.82) is 0 Å². The molecule has 2 rings (SSSR count). The molecule has 29 heavy (non-hydrogen) atoms. The van der Waals surface area contributed by atoms with E-state index < -0.39 is 28.4 Å². The number of methoxy groups -OCH3 is 1. The van der Waals surface area contributed by atoms with Crippen LogP contribution in [0.1, 0.15) is 17.3 Å². The summed E-state index contributed by atoms with van der Waals surface area (Å²) in [5, 5.41) is 2.81. The lowest BCUT2D eigenvalue weighted by atomic mass is 10.2. The van der Waals surface area contributed by atoms with Crippen molar-refractivity contribution in [3.63, 3.8) is 0 Å². The topological polar surface area (TPSA) is 102 Å². The number of ether oxygens (including phenoxy) is 2. The van der Waals surface area contributed by atoms with E-state index in [0.29, 0.717) is 11.3 Å². The maximum absolute atomic E-state index is 12.9. The number of nitrogens with one attached hydrogen (secondary N) is 1. The molecule has 0 aliphatic rings. The molecule has 0 aliphatic heterocycles. The van der Waals surface area contributed by atoms with Crippen molar-refractivity contribution in [3.05, 3.63) is 53.1 Å². The number of rotatable bonds is 8. The van der Waals surface area contributed by atoms with Gasteiger partial charge in [0.05, 0.1) is 25.8 Å². The zero-order valence-corrected chi connectivity index (χ0v) is 17.7. The fourth-order valence-electron chi connectivity index (χ4n) is 2.42. The third kappa shape index (κ3) is 5.69. The highest BCUT2D eigenvalue weighted by Gasteiger charge is 2.27. The van der Waals surface area contributed by atoms with Gasteiger partial charge in [0, 0.05) is 17.8 Å². The summed E-state index contributed by atoms with van der Waals surface area (Å²) >= 11 is 5.94. The highest BCUT2D eigenvalue weighted by molar-refractivity contribution is 7.89. The van der Waals surface area contributed by atoms with Crippen molar-refractivity contribution >= 4 is 39.2 Å². The molecule has 0 fully saturated rings. The van der Waals surface area contributed by atoms with E-state index in [0.717, 1.165) is 4.31 Å². The smallest absolute Gasteiger partial charge is 0.337 e. The first-order valence-corrected chi connectivity index (χ1v) is 10.4. The summed E-state index contributed by atoms with van der Waals surface area (Å²) < 4.78 is 36.6. The van der Waals surface area contributed by atoms with Gasteiger partial charge in [-0.15, -0.1) is 0 Å². The summed E-state index contributed by atoms with van der Waals surface area (Å²) in [6.45, 7) is 1.57. The number of esters is 1. The highest BCUT2D eigenvalue weighted by atomic mass is 35.5. The van der Waals surface area contributed by atoms with Crippen LogP contribution in [-0.2, 0) is 19.6 Å². The molecule has 0 unspecified atom stereocenters. The molecule has 8 nitrogen and oxygen atoms in total. The van der Waals surface area contributed by atoms with Crippen LogP contribution in [-0.4, -0.2) is 51.9 Å². The molecule has 2 aromatic rings. The maximum atomic E-state index is 12.9. The number of hydrogen-bond acceptors (Lipinski definition) is 6. The van der Waals surface area contributed by atoms with E-state index in [1.165, 1.54) is 56.6 Å². The molecule has 0 spiro atoms. The number of anilines is 1. The van der Waals surface area contributed by atoms with Crippen molar-refractivity contribution in [2.45, 2.75) is 11.8 Å². The average Bonchev–Trinajstić information content (AvgIpc) is 2.69. The number of carbonyl (C=O) groups is 2. The van der Waals surface area contributed by atoms with Crippen LogP contribution in [0.2, 0.25) is 5.02 Å². The van der Waals surface area contributed by atoms with Gasteiger partial charge >= 0.3 is 5.97 Å². The Kier molecular flexibility index (Phi) is 7.60. The zero-order chi connectivity index (χ0) is 21.6. The molecule has 0 radical (unpaired) electrons. The minimum atomic E-state index is -4.02. The van der Waals surface area contributed by atoms with Gasteiger partial charge in [0.25, 0.3) is 0 Å². The molecule has 0 heterocycles. The van der Waals surface area contributed by atoms with Gasteiger partial charge in [0.15, 0.2) is 0 Å². The van der Waals surface area contributed by atoms with Crippen molar-refractivity contribution in [2.75, 3.05) is 32.6 Å². The lowest BCUT2D eigenvalue weighted by Crippen LogP contribution is -2.35. The van der Waals surface area contributed by atoms with Crippen LogP contribution in [0.3, 0.4) is 0 Å². The first-order chi connectivity index (χ1) is 13.7. The van der Waals surface area contributed by atoms with Crippen molar-refractivity contribution in [2.24, 2.45) is 0 Å². The van der Waals surface area contributed by atoms with Gasteiger partial charge in [0.1, 0.15) is 10.6 Å². The Hall–Kier alpha value is -2.62. The Morgan fingerprint density at radius 3 is 2.38 bits per heavy atom. The van der Waals surface area contributed by atoms with Crippen molar-refractivity contribution < 1.29 is 27.5 Å². The minimum Gasteiger partial charge on any atom is -0.492 e. The molecular weight excluding hydrogens is 420 g/mol. The Labute approximate surface area is 174 Å². The van der Waals surface area contributed by atoms with Crippen molar-refractivity contribution in [3.8, 4) is 5.75 Å². The molecule has 156 valence electrons. The largest absolute Gasteiger partial charge is 0.492 e. The van der Waals surface area contributed by atoms with Gasteiger partial charge in [-0.3, -0.25) is 4.79 Å². The van der Waals surface area contributed by atoms with Gasteiger partial charge in [0.2, 0.25) is 15.9 Å². The van der Waals surface area contributed by atoms with Crippen molar-refractivity contribution in [1.82, 2.24) is 4.31 Å². The number of nitrogens with zero attached hydrogens (tertiary/aromatic N) is 1. The van der Waals surface area contributed by atoms with Crippen LogP contribution in [0.25, 0.3) is 0 Å². The summed E-state index contributed by atoms with van der Waals surface area (Å²) in [6.07, 6.45) is 0. The zero-order valence-electron chi connectivity index (χ0n) is 16.1. The van der Waals surface area contributed by atoms with Crippen LogP contribution < -0.4 is 10.1 Å². The number of carbonyl (C=O) groups excluding carboxylic acids is 2. The first kappa shape index (κ1) is 22.7. The van der Waals surface area contributed by atoms with E-state index in [-0.39, 0.29) is 22.3 Å². The summed E-state index contributed by atoms with van der Waals surface area (Å²) in [4.78, 5) is 23.6. The number of likely N-dealkylation sites (N-methyl/N-ethyl adjacent to an activating group) is 1. The monoisotopic (exact) mass is 440 g/mol. The van der Waals surface area contributed by atoms with E-state index in [1.54, 1.807) is 6.92 Å². The van der Waals surface area contributed by atoms with Crippen LogP contribution in [0, 0.1) is 0 Å². The Balaban J connectivity index is 2.12. The van der Waals surface area contributed by atoms with E-state index in [9.17, 15) is 18.0 Å². The molecule has 1 N–H and O–H groups in total. The van der Waals surface area contributed by atoms with E-state index in [2.05, 4.69) is 10.1 Å². The first-order valence-electron chi connectivity index (χ1n) is 8.56. The molecule has 0 saturated heterocycles. The van der Waals surface area contributed by atoms with Gasteiger partial charge in [-0.1, -0.05) is 11.6 Å². The molecule has 1 amide bonds. The minimum absolute atomic E-state index is 0.121. The second kappa shape index (κ2) is 9.73. The SMILES string of the molecule is CCOc1ccc(Cl)cc1S(=O)(=O)N(C)CC(=O)Nc1ccc(C(=O)OC)cc1. The number of benzene rings is 2. The molecule has 0 atom stereocenters. The normalized spacial score (nSPS) is 11.2. The molecular formula is C19H21ClN2O6S. The number of amides is 1. The fourth-order valence-corrected chi connectivity index (χ4v) is 3.94. The van der Waals surface area contributed by atoms with Crippen LogP contribution in [0.4, 0.5) is 5.69 Å². The third-order valence-electron chi connectivity index (χ3n) is 3.85. The number of sulfonamides is 1. The van der Waals surface area contributed by atoms with E-state index in [1.807, 2.05) is 0 Å². The van der Waals surface area contributed by atoms with E-state index >= 15 is 0 Å². The highest BCUT2D eigenvalue weighted by Crippen LogP contribution is 2.29. The second-order valence-electron chi connectivity index (χ2n) is 5.90. The summed E-state index contributed by atoms with van der Waals surface area (Å²) in [6, 6.07) is 10.3. The molecule has 2 aromatic carbocycles. The summed E-state index contributed by atoms with van der Waals surface area (Å²) in [5.74, 6) is -0.898. The molecule has 0 aromatic heterocycles. The van der Waals surface area contributed by atoms with Crippen LogP contribution in [0.5, 0.6) is 5.75 Å². The Morgan fingerprint density at radius 2 is 1.79 bits per heavy atom. The van der Waals surface area contributed by atoms with Gasteiger partial charge in [-0.2, -0.15) is 4.31 Å². The molecule has 0 saturated carbocycles. The summed E-state index contributed by atoms with van der Waals surface area (Å²) in [7, 11) is -1.47. The van der Waals surface area contributed by atoms with Gasteiger partial charge < -0.3 is 14.8 Å². The van der Waals surface area contributed by atoms with Crippen LogP contribution in [0.15, 0.2) is 47.4 Å². The fraction of sp³-hybridized carbons (Fsp3) is 0.263. The Morgan fingerprint density at radius 1 is 1.14 bits per heavy atom. The lowest BCUT2D eigenvalue weighted by Gasteiger charge is -2.19. The van der Waals surface area contributed by atoms with Gasteiger partial charge in [-0.05, 0) is 49.4 Å². The predicted molar refractivity (Wildman–Crippen MR) is 109 cm³/mol. The van der Waals surface area contributed by atoms with Gasteiger partial charge in [-0.25, -0.2) is 13.2 Å². The number of halogens is 1. The van der Waals surface area contributed by atoms with Crippen LogP contribution >= 0.6 is 11.6 Å². The quantitative estimate of drug-likeness (QED) is 0.633. The summed E-state index contributed by atoms with van der Waals surface area (Å²) in [5.41, 5.74) is 0.737. The second-order valence-corrected chi connectivity index (χ2v) is 8.35. The molecule has 10 heteroatoms. The standard InChI is InChI=1S/C19H21ClN2O6S/c1-4-28-16-10-7-14(20)11-17(16)29(25,26)22(2)12-18(23)21-15-8-5-13(6-9-15)19(24)27-3/h5-11H,4,12H2,1-3H3,(H,21,23). The average molecular weight is 441 g/mol. The Bertz CT molecular complexity index is 992. The lowest BCUT2D eigenvalue weighted by molar-refractivity contribution is -0.116. The molecule has 0 bridgehead atoms. The third-order valence-corrected chi connectivity index (χ3v) is 5.91. The molecule has 0 aliphatic carbocycles.